The molecule has 1 aromatic rings. The van der Waals surface area contributed by atoms with Gasteiger partial charge in [0.1, 0.15) is 0 Å². The highest BCUT2D eigenvalue weighted by Crippen LogP contribution is 2.24. The van der Waals surface area contributed by atoms with Gasteiger partial charge >= 0.3 is 5.97 Å². The Morgan fingerprint density at radius 1 is 1.56 bits per heavy atom. The predicted octanol–water partition coefficient (Wildman–Crippen LogP) is 1.48. The fraction of sp³-hybridized carbons (Fsp3) is 0.600. The van der Waals surface area contributed by atoms with Crippen LogP contribution in [-0.2, 0) is 0 Å². The zero-order chi connectivity index (χ0) is 12.1. The molecule has 0 saturated carbocycles. The summed E-state index contributed by atoms with van der Waals surface area (Å²) in [4.78, 5) is 17.1. The van der Waals surface area contributed by atoms with Crippen molar-refractivity contribution in [2.75, 3.05) is 27.2 Å². The van der Waals surface area contributed by atoms with E-state index in [1.165, 1.54) is 0 Å². The first-order valence-corrected chi connectivity index (χ1v) is 5.80. The molecule has 0 aliphatic rings. The van der Waals surface area contributed by atoms with Gasteiger partial charge in [0.05, 0.1) is 11.6 Å². The summed E-state index contributed by atoms with van der Waals surface area (Å²) in [5, 5.41) is 9.61. The molecule has 1 N–H and O–H groups in total. The minimum atomic E-state index is -0.979. The third-order valence-corrected chi connectivity index (χ3v) is 2.83. The summed E-state index contributed by atoms with van der Waals surface area (Å²) in [6.45, 7) is 3.16. The summed E-state index contributed by atoms with van der Waals surface area (Å²) in [6, 6.07) is 0. The number of ether oxygens (including phenoxy) is 1. The summed E-state index contributed by atoms with van der Waals surface area (Å²) in [5.74, 6) is -0.734. The molecule has 5 nitrogen and oxygen atoms in total. The number of carboxylic acids is 1. The van der Waals surface area contributed by atoms with E-state index in [0.29, 0.717) is 11.6 Å². The molecule has 0 bridgehead atoms. The molecule has 0 saturated heterocycles. The number of carboxylic acid groups (broad SMARTS) is 1. The SMILES string of the molecule is Cc1nc(OCCCN(C)C)c(C(=O)O)s1. The second kappa shape index (κ2) is 5.81. The lowest BCUT2D eigenvalue weighted by Crippen LogP contribution is -2.16. The highest BCUT2D eigenvalue weighted by atomic mass is 32.1. The van der Waals surface area contributed by atoms with Crippen molar-refractivity contribution in [1.29, 1.82) is 0 Å². The van der Waals surface area contributed by atoms with Crippen molar-refractivity contribution in [2.24, 2.45) is 0 Å². The number of rotatable bonds is 6. The lowest BCUT2D eigenvalue weighted by atomic mass is 10.4. The van der Waals surface area contributed by atoms with Crippen LogP contribution in [0.1, 0.15) is 21.1 Å². The number of carbonyl (C=O) groups is 1. The molecule has 90 valence electrons. The average molecular weight is 244 g/mol. The fourth-order valence-electron chi connectivity index (χ4n) is 1.19. The maximum Gasteiger partial charge on any atom is 0.351 e. The van der Waals surface area contributed by atoms with Crippen LogP contribution in [0.15, 0.2) is 0 Å². The van der Waals surface area contributed by atoms with Gasteiger partial charge in [0.25, 0.3) is 0 Å². The minimum Gasteiger partial charge on any atom is -0.477 e. The van der Waals surface area contributed by atoms with E-state index in [2.05, 4.69) is 4.98 Å². The van der Waals surface area contributed by atoms with E-state index in [4.69, 9.17) is 9.84 Å². The molecule has 0 amide bonds. The van der Waals surface area contributed by atoms with Crippen LogP contribution in [0.2, 0.25) is 0 Å². The van der Waals surface area contributed by atoms with Crippen LogP contribution in [0.4, 0.5) is 0 Å². The van der Waals surface area contributed by atoms with E-state index in [0.717, 1.165) is 24.3 Å². The molecule has 0 fully saturated rings. The van der Waals surface area contributed by atoms with Crippen molar-refractivity contribution in [3.05, 3.63) is 9.88 Å². The van der Waals surface area contributed by atoms with Gasteiger partial charge in [-0.15, -0.1) is 11.3 Å². The molecule has 1 heterocycles. The fourth-order valence-corrected chi connectivity index (χ4v) is 1.89. The van der Waals surface area contributed by atoms with Crippen molar-refractivity contribution in [3.63, 3.8) is 0 Å². The highest BCUT2D eigenvalue weighted by Gasteiger charge is 2.16. The zero-order valence-electron chi connectivity index (χ0n) is 9.69. The van der Waals surface area contributed by atoms with E-state index in [1.807, 2.05) is 19.0 Å². The van der Waals surface area contributed by atoms with Gasteiger partial charge in [-0.2, -0.15) is 0 Å². The Hall–Kier alpha value is -1.14. The van der Waals surface area contributed by atoms with Gasteiger partial charge < -0.3 is 14.7 Å². The standard InChI is InChI=1S/C10H16N2O3S/c1-7-11-9(8(16-7)10(13)14)15-6-4-5-12(2)3/h4-6H2,1-3H3,(H,13,14). The van der Waals surface area contributed by atoms with Crippen LogP contribution >= 0.6 is 11.3 Å². The summed E-state index contributed by atoms with van der Waals surface area (Å²) in [6.07, 6.45) is 0.850. The van der Waals surface area contributed by atoms with Gasteiger partial charge in [-0.25, -0.2) is 9.78 Å². The monoisotopic (exact) mass is 244 g/mol. The van der Waals surface area contributed by atoms with E-state index in [9.17, 15) is 4.79 Å². The third-order valence-electron chi connectivity index (χ3n) is 1.89. The summed E-state index contributed by atoms with van der Waals surface area (Å²) >= 11 is 1.14. The van der Waals surface area contributed by atoms with Gasteiger partial charge in [-0.3, -0.25) is 0 Å². The maximum atomic E-state index is 10.9. The number of hydrogen-bond donors (Lipinski definition) is 1. The van der Waals surface area contributed by atoms with Crippen molar-refractivity contribution in [3.8, 4) is 5.88 Å². The van der Waals surface area contributed by atoms with Crippen molar-refractivity contribution in [2.45, 2.75) is 13.3 Å². The first-order chi connectivity index (χ1) is 7.50. The van der Waals surface area contributed by atoms with Crippen LogP contribution in [0, 0.1) is 6.92 Å². The first kappa shape index (κ1) is 12.9. The summed E-state index contributed by atoms with van der Waals surface area (Å²) < 4.78 is 5.36. The van der Waals surface area contributed by atoms with Crippen LogP contribution in [-0.4, -0.2) is 48.2 Å². The molecular weight excluding hydrogens is 228 g/mol. The highest BCUT2D eigenvalue weighted by molar-refractivity contribution is 7.13. The summed E-state index contributed by atoms with van der Waals surface area (Å²) in [5.41, 5.74) is 0. The van der Waals surface area contributed by atoms with E-state index in [1.54, 1.807) is 6.92 Å². The van der Waals surface area contributed by atoms with Gasteiger partial charge in [-0.05, 0) is 27.4 Å². The van der Waals surface area contributed by atoms with Gasteiger partial charge in [-0.1, -0.05) is 0 Å². The normalized spacial score (nSPS) is 10.8. The second-order valence-corrected chi connectivity index (χ2v) is 4.88. The number of thiazole rings is 1. The molecule has 0 aliphatic heterocycles. The minimum absolute atomic E-state index is 0.183. The zero-order valence-corrected chi connectivity index (χ0v) is 10.5. The molecule has 1 aromatic heterocycles. The summed E-state index contributed by atoms with van der Waals surface area (Å²) in [7, 11) is 3.96. The largest absolute Gasteiger partial charge is 0.477 e. The Bertz CT molecular complexity index is 363. The molecule has 0 unspecified atom stereocenters. The van der Waals surface area contributed by atoms with Gasteiger partial charge in [0.15, 0.2) is 4.88 Å². The smallest absolute Gasteiger partial charge is 0.351 e. The molecule has 1 rings (SSSR count). The number of hydrogen-bond acceptors (Lipinski definition) is 5. The lowest BCUT2D eigenvalue weighted by molar-refractivity contribution is 0.0697. The van der Waals surface area contributed by atoms with E-state index < -0.39 is 5.97 Å². The molecule has 0 spiro atoms. The third kappa shape index (κ3) is 3.79. The molecule has 0 aliphatic carbocycles. The quantitative estimate of drug-likeness (QED) is 0.768. The van der Waals surface area contributed by atoms with Crippen molar-refractivity contribution < 1.29 is 14.6 Å². The average Bonchev–Trinajstić information content (AvgIpc) is 2.54. The Balaban J connectivity index is 2.50. The van der Waals surface area contributed by atoms with E-state index in [-0.39, 0.29) is 10.8 Å². The lowest BCUT2D eigenvalue weighted by Gasteiger charge is -2.09. The Morgan fingerprint density at radius 3 is 2.81 bits per heavy atom. The molecule has 0 aromatic carbocycles. The Labute approximate surface area is 98.7 Å². The van der Waals surface area contributed by atoms with Crippen LogP contribution < -0.4 is 4.74 Å². The first-order valence-electron chi connectivity index (χ1n) is 4.99. The topological polar surface area (TPSA) is 62.7 Å². The van der Waals surface area contributed by atoms with Crippen LogP contribution in [0.5, 0.6) is 5.88 Å². The number of aryl methyl sites for hydroxylation is 1. The predicted molar refractivity (Wildman–Crippen MR) is 62.5 cm³/mol. The number of aromatic nitrogens is 1. The Kier molecular flexibility index (Phi) is 4.70. The molecule has 16 heavy (non-hydrogen) atoms. The van der Waals surface area contributed by atoms with Gasteiger partial charge in [0.2, 0.25) is 5.88 Å². The van der Waals surface area contributed by atoms with E-state index >= 15 is 0 Å². The maximum absolute atomic E-state index is 10.9. The second-order valence-electron chi connectivity index (χ2n) is 3.68. The number of aromatic carboxylic acids is 1. The number of nitrogens with zero attached hydrogens (tertiary/aromatic N) is 2. The molecular formula is C10H16N2O3S. The molecule has 0 atom stereocenters. The van der Waals surface area contributed by atoms with Crippen molar-refractivity contribution >= 4 is 17.3 Å². The molecule has 6 heteroatoms. The van der Waals surface area contributed by atoms with Gasteiger partial charge in [0, 0.05) is 6.54 Å². The van der Waals surface area contributed by atoms with Crippen LogP contribution in [0.25, 0.3) is 0 Å². The van der Waals surface area contributed by atoms with Crippen LogP contribution in [0.3, 0.4) is 0 Å². The molecule has 0 radical (unpaired) electrons. The van der Waals surface area contributed by atoms with Crippen molar-refractivity contribution in [1.82, 2.24) is 9.88 Å². The Morgan fingerprint density at radius 2 is 2.25 bits per heavy atom.